The molecule has 1 saturated carbocycles. The summed E-state index contributed by atoms with van der Waals surface area (Å²) in [5.74, 6) is -3.14. The fourth-order valence-electron chi connectivity index (χ4n) is 2.71. The molecule has 0 bridgehead atoms. The Balaban J connectivity index is 2.14. The molecule has 24 heavy (non-hydrogen) atoms. The molecule has 134 valence electrons. The predicted octanol–water partition coefficient (Wildman–Crippen LogP) is -0.368. The van der Waals surface area contributed by atoms with E-state index in [0.717, 1.165) is 7.11 Å². The van der Waals surface area contributed by atoms with E-state index in [1.165, 1.54) is 10.8 Å². The highest BCUT2D eigenvalue weighted by Crippen LogP contribution is 2.45. The number of esters is 1. The molecule has 3 N–H and O–H groups in total. The third-order valence-corrected chi connectivity index (χ3v) is 4.87. The zero-order valence-corrected chi connectivity index (χ0v) is 14.1. The van der Waals surface area contributed by atoms with Crippen LogP contribution in [0.5, 0.6) is 0 Å². The van der Waals surface area contributed by atoms with E-state index in [1.54, 1.807) is 6.92 Å². The van der Waals surface area contributed by atoms with Crippen molar-refractivity contribution in [3.8, 4) is 0 Å². The van der Waals surface area contributed by atoms with E-state index in [1.807, 2.05) is 0 Å². The highest BCUT2D eigenvalue weighted by Gasteiger charge is 2.41. The van der Waals surface area contributed by atoms with Crippen LogP contribution in [-0.4, -0.2) is 44.4 Å². The van der Waals surface area contributed by atoms with Gasteiger partial charge < -0.3 is 19.3 Å². The van der Waals surface area contributed by atoms with Crippen molar-refractivity contribution < 1.29 is 28.6 Å². The van der Waals surface area contributed by atoms with E-state index in [0.29, 0.717) is 18.4 Å². The second-order valence-electron chi connectivity index (χ2n) is 5.67. The summed E-state index contributed by atoms with van der Waals surface area (Å²) >= 11 is 0. The largest absolute Gasteiger partial charge is 0.467 e. The Morgan fingerprint density at radius 2 is 2.08 bits per heavy atom. The van der Waals surface area contributed by atoms with E-state index >= 15 is 0 Å². The molecule has 3 atom stereocenters. The third kappa shape index (κ3) is 4.02. The number of nitrogens with one attached hydrogen (secondary N) is 1. The number of carbonyl (C=O) groups excluding carboxylic acids is 1. The highest BCUT2D eigenvalue weighted by atomic mass is 31.2. The number of carbonyl (C=O) groups is 1. The number of nitrogens with zero attached hydrogens (tertiary/aromatic N) is 1. The van der Waals surface area contributed by atoms with Crippen LogP contribution in [0, 0.1) is 6.92 Å². The summed E-state index contributed by atoms with van der Waals surface area (Å²) in [6.45, 7) is 1.57. The van der Waals surface area contributed by atoms with Gasteiger partial charge in [0, 0.05) is 17.8 Å². The molecule has 1 aromatic heterocycles. The number of H-pyrrole nitrogens is 1. The van der Waals surface area contributed by atoms with Crippen molar-refractivity contribution in [1.29, 1.82) is 0 Å². The number of ether oxygens (including phenoxy) is 2. The molecule has 0 amide bonds. The summed E-state index contributed by atoms with van der Waals surface area (Å²) in [7, 11) is -3.82. The van der Waals surface area contributed by atoms with E-state index in [-0.39, 0.29) is 12.5 Å². The summed E-state index contributed by atoms with van der Waals surface area (Å²) in [6, 6.07) is -0.298. The summed E-state index contributed by atoms with van der Waals surface area (Å²) in [6.07, 6.45) is 2.01. The van der Waals surface area contributed by atoms with Crippen LogP contribution in [0.25, 0.3) is 0 Å². The SMILES string of the molecule is COC(=O)[C@H](O[C@H]1CC[C@@H](n2cc(C)c(=O)[nH]c2=O)C1)P(=O)(O)O. The first-order chi connectivity index (χ1) is 11.1. The fourth-order valence-corrected chi connectivity index (χ4v) is 3.42. The predicted molar refractivity (Wildman–Crippen MR) is 81.7 cm³/mol. The number of methoxy groups -OCH3 is 1. The molecule has 2 rings (SSSR count). The van der Waals surface area contributed by atoms with Crippen molar-refractivity contribution >= 4 is 13.6 Å². The molecule has 0 aromatic carbocycles. The molecular weight excluding hydrogens is 343 g/mol. The highest BCUT2D eigenvalue weighted by molar-refractivity contribution is 7.53. The maximum Gasteiger partial charge on any atom is 0.365 e. The Labute approximate surface area is 136 Å². The summed E-state index contributed by atoms with van der Waals surface area (Å²) < 4.78 is 22.4. The van der Waals surface area contributed by atoms with Gasteiger partial charge in [-0.25, -0.2) is 9.59 Å². The molecule has 0 saturated heterocycles. The normalized spacial score (nSPS) is 22.3. The third-order valence-electron chi connectivity index (χ3n) is 3.93. The van der Waals surface area contributed by atoms with E-state index < -0.39 is 36.8 Å². The van der Waals surface area contributed by atoms with Crippen LogP contribution in [0.15, 0.2) is 15.8 Å². The standard InChI is InChI=1S/C13H19N2O8P/c1-7-6-15(13(18)14-10(7)16)8-3-4-9(5-8)23-12(11(17)22-2)24(19,20)21/h6,8-9,12H,3-5H2,1-2H3,(H,14,16,18)(H2,19,20,21)/t8-,9+,12-/m1/s1. The molecule has 1 aromatic rings. The Bertz CT molecular complexity index is 779. The molecule has 0 spiro atoms. The average molecular weight is 362 g/mol. The smallest absolute Gasteiger partial charge is 0.365 e. The number of hydrogen-bond donors (Lipinski definition) is 3. The van der Waals surface area contributed by atoms with Crippen LogP contribution in [0.2, 0.25) is 0 Å². The Morgan fingerprint density at radius 1 is 1.42 bits per heavy atom. The number of aryl methyl sites for hydroxylation is 1. The van der Waals surface area contributed by atoms with Gasteiger partial charge in [0.2, 0.25) is 0 Å². The van der Waals surface area contributed by atoms with Crippen LogP contribution >= 0.6 is 7.60 Å². The van der Waals surface area contributed by atoms with E-state index in [4.69, 9.17) is 4.74 Å². The Hall–Kier alpha value is -1.74. The summed E-state index contributed by atoms with van der Waals surface area (Å²) in [4.78, 5) is 55.4. The fraction of sp³-hybridized carbons (Fsp3) is 0.615. The number of hydrogen-bond acceptors (Lipinski definition) is 6. The van der Waals surface area contributed by atoms with Crippen LogP contribution in [0.3, 0.4) is 0 Å². The van der Waals surface area contributed by atoms with Crippen molar-refractivity contribution in [3.63, 3.8) is 0 Å². The van der Waals surface area contributed by atoms with Gasteiger partial charge in [-0.15, -0.1) is 0 Å². The van der Waals surface area contributed by atoms with Crippen LogP contribution in [0.1, 0.15) is 30.9 Å². The molecular formula is C13H19N2O8P. The van der Waals surface area contributed by atoms with Gasteiger partial charge in [0.1, 0.15) is 0 Å². The van der Waals surface area contributed by atoms with Crippen LogP contribution in [0.4, 0.5) is 0 Å². The van der Waals surface area contributed by atoms with Gasteiger partial charge in [0.05, 0.1) is 13.2 Å². The van der Waals surface area contributed by atoms with Crippen molar-refractivity contribution in [2.75, 3.05) is 7.11 Å². The second-order valence-corrected chi connectivity index (χ2v) is 7.32. The molecule has 0 aliphatic heterocycles. The lowest BCUT2D eigenvalue weighted by atomic mass is 10.2. The summed E-state index contributed by atoms with van der Waals surface area (Å²) in [5, 5.41) is 0. The zero-order chi connectivity index (χ0) is 18.1. The van der Waals surface area contributed by atoms with Gasteiger partial charge >= 0.3 is 19.3 Å². The van der Waals surface area contributed by atoms with Gasteiger partial charge in [0.25, 0.3) is 11.4 Å². The van der Waals surface area contributed by atoms with Crippen LogP contribution < -0.4 is 11.2 Å². The minimum atomic E-state index is -4.83. The van der Waals surface area contributed by atoms with E-state index in [9.17, 15) is 28.7 Å². The molecule has 1 aliphatic rings. The monoisotopic (exact) mass is 362 g/mol. The van der Waals surface area contributed by atoms with Gasteiger partial charge in [-0.2, -0.15) is 0 Å². The first kappa shape index (κ1) is 18.6. The maximum absolute atomic E-state index is 11.9. The van der Waals surface area contributed by atoms with Crippen molar-refractivity contribution in [2.24, 2.45) is 0 Å². The number of rotatable bonds is 5. The van der Waals surface area contributed by atoms with Crippen LogP contribution in [-0.2, 0) is 18.8 Å². The molecule has 10 nitrogen and oxygen atoms in total. The van der Waals surface area contributed by atoms with Crippen molar-refractivity contribution in [1.82, 2.24) is 9.55 Å². The Kier molecular flexibility index (Phi) is 5.44. The van der Waals surface area contributed by atoms with Crippen molar-refractivity contribution in [2.45, 2.75) is 44.2 Å². The topological polar surface area (TPSA) is 148 Å². The lowest BCUT2D eigenvalue weighted by Gasteiger charge is -2.21. The Morgan fingerprint density at radius 3 is 2.67 bits per heavy atom. The van der Waals surface area contributed by atoms with Gasteiger partial charge in [-0.1, -0.05) is 0 Å². The molecule has 1 heterocycles. The molecule has 1 aliphatic carbocycles. The second kappa shape index (κ2) is 7.02. The van der Waals surface area contributed by atoms with Gasteiger partial charge in [0.15, 0.2) is 0 Å². The minimum absolute atomic E-state index is 0.277. The molecule has 1 fully saturated rings. The van der Waals surface area contributed by atoms with E-state index in [2.05, 4.69) is 9.72 Å². The quantitative estimate of drug-likeness (QED) is 0.475. The molecule has 0 radical (unpaired) electrons. The summed E-state index contributed by atoms with van der Waals surface area (Å²) in [5.41, 5.74) is -0.647. The zero-order valence-electron chi connectivity index (χ0n) is 13.2. The molecule has 0 unspecified atom stereocenters. The number of aromatic nitrogens is 2. The van der Waals surface area contributed by atoms with Gasteiger partial charge in [-0.05, 0) is 26.2 Å². The lowest BCUT2D eigenvalue weighted by molar-refractivity contribution is -0.152. The molecule has 11 heteroatoms. The van der Waals surface area contributed by atoms with Gasteiger partial charge in [-0.3, -0.25) is 18.9 Å². The lowest BCUT2D eigenvalue weighted by Crippen LogP contribution is -2.33. The first-order valence-corrected chi connectivity index (χ1v) is 8.92. The minimum Gasteiger partial charge on any atom is -0.467 e. The number of aromatic amines is 1. The van der Waals surface area contributed by atoms with Crippen molar-refractivity contribution in [3.05, 3.63) is 32.6 Å². The first-order valence-electron chi connectivity index (χ1n) is 7.24. The average Bonchev–Trinajstić information content (AvgIpc) is 2.95. The maximum atomic E-state index is 11.9.